The van der Waals surface area contributed by atoms with Gasteiger partial charge < -0.3 is 18.9 Å². The van der Waals surface area contributed by atoms with E-state index in [1.807, 2.05) is 30.6 Å². The molecule has 154 valence electrons. The molecule has 6 bridgehead atoms. The molecule has 0 spiro atoms. The van der Waals surface area contributed by atoms with Gasteiger partial charge in [-0.2, -0.15) is 4.98 Å². The smallest absolute Gasteiger partial charge is 0.216 e. The fourth-order valence-corrected chi connectivity index (χ4v) is 3.83. The molecule has 0 radical (unpaired) electrons. The first-order chi connectivity index (χ1) is 14.8. The molecular weight excluding hydrogens is 382 g/mol. The summed E-state index contributed by atoms with van der Waals surface area (Å²) in [6.07, 6.45) is 6.15. The number of nitrogens with zero attached hydrogens (tertiary/aromatic N) is 3. The molecule has 3 aromatic heterocycles. The number of hydrogen-bond acceptors (Lipinski definition) is 7. The van der Waals surface area contributed by atoms with Crippen molar-refractivity contribution in [2.45, 2.75) is 24.7 Å². The van der Waals surface area contributed by atoms with Gasteiger partial charge in [0.2, 0.25) is 23.5 Å². The molecule has 7 heteroatoms. The van der Waals surface area contributed by atoms with Gasteiger partial charge in [-0.15, -0.1) is 0 Å². The molecule has 6 heterocycles. The highest BCUT2D eigenvalue weighted by molar-refractivity contribution is 5.32. The summed E-state index contributed by atoms with van der Waals surface area (Å²) in [6.45, 7) is 1.51. The summed E-state index contributed by atoms with van der Waals surface area (Å²) in [5, 5.41) is 0. The van der Waals surface area contributed by atoms with Crippen LogP contribution >= 0.6 is 0 Å². The molecule has 0 N–H and O–H groups in total. The molecule has 1 aliphatic carbocycles. The van der Waals surface area contributed by atoms with E-state index in [9.17, 15) is 0 Å². The van der Waals surface area contributed by atoms with Crippen LogP contribution in [0.25, 0.3) is 0 Å². The Labute approximate surface area is 175 Å². The van der Waals surface area contributed by atoms with Gasteiger partial charge in [-0.1, -0.05) is 18.2 Å². The third kappa shape index (κ3) is 4.15. The van der Waals surface area contributed by atoms with Crippen molar-refractivity contribution in [1.29, 1.82) is 0 Å². The lowest BCUT2D eigenvalue weighted by Crippen LogP contribution is -2.22. The molecule has 4 aliphatic rings. The zero-order valence-electron chi connectivity index (χ0n) is 16.6. The molecule has 1 saturated carbocycles. The van der Waals surface area contributed by atoms with Crippen molar-refractivity contribution in [2.75, 3.05) is 26.4 Å². The zero-order chi connectivity index (χ0) is 20.2. The number of pyridine rings is 3. The van der Waals surface area contributed by atoms with Crippen molar-refractivity contribution >= 4 is 0 Å². The van der Waals surface area contributed by atoms with Crippen molar-refractivity contribution in [3.63, 3.8) is 0 Å². The van der Waals surface area contributed by atoms with E-state index in [2.05, 4.69) is 27.1 Å². The molecule has 2 atom stereocenters. The molecule has 3 aromatic rings. The second-order valence-corrected chi connectivity index (χ2v) is 7.36. The second-order valence-electron chi connectivity index (χ2n) is 7.36. The molecule has 7 nitrogen and oxygen atoms in total. The number of fused-ring (bicyclic) bond motifs is 2. The molecule has 1 fully saturated rings. The van der Waals surface area contributed by atoms with E-state index in [0.29, 0.717) is 61.8 Å². The maximum Gasteiger partial charge on any atom is 0.216 e. The van der Waals surface area contributed by atoms with Crippen LogP contribution < -0.4 is 18.9 Å². The summed E-state index contributed by atoms with van der Waals surface area (Å²) in [6, 6.07) is 13.5. The van der Waals surface area contributed by atoms with Gasteiger partial charge in [-0.25, -0.2) is 9.97 Å². The maximum absolute atomic E-state index is 5.71. The second kappa shape index (κ2) is 8.57. The average Bonchev–Trinajstić information content (AvgIpc) is 2.76. The third-order valence-electron chi connectivity index (χ3n) is 5.51. The van der Waals surface area contributed by atoms with Crippen LogP contribution in [0.15, 0.2) is 54.9 Å². The normalized spacial score (nSPS) is 20.9. The summed E-state index contributed by atoms with van der Waals surface area (Å²) < 4.78 is 22.7. The van der Waals surface area contributed by atoms with Crippen LogP contribution in [0.3, 0.4) is 0 Å². The van der Waals surface area contributed by atoms with Gasteiger partial charge in [0.15, 0.2) is 0 Å². The third-order valence-corrected chi connectivity index (χ3v) is 5.51. The van der Waals surface area contributed by atoms with Crippen molar-refractivity contribution < 1.29 is 18.9 Å². The zero-order valence-corrected chi connectivity index (χ0v) is 16.6. The van der Waals surface area contributed by atoms with E-state index >= 15 is 0 Å². The van der Waals surface area contributed by atoms with E-state index in [0.717, 1.165) is 12.8 Å². The van der Waals surface area contributed by atoms with Crippen LogP contribution in [-0.4, -0.2) is 41.4 Å². The van der Waals surface area contributed by atoms with E-state index in [4.69, 9.17) is 18.9 Å². The van der Waals surface area contributed by atoms with Crippen LogP contribution in [0.5, 0.6) is 23.5 Å². The lowest BCUT2D eigenvalue weighted by Gasteiger charge is -2.37. The number of hydrogen-bond donors (Lipinski definition) is 0. The fraction of sp³-hybridized carbons (Fsp3) is 0.348. The average molecular weight is 405 g/mol. The van der Waals surface area contributed by atoms with E-state index in [1.165, 1.54) is 11.1 Å². The van der Waals surface area contributed by atoms with E-state index < -0.39 is 0 Å². The Bertz CT molecular complexity index is 902. The topological polar surface area (TPSA) is 75.6 Å². The van der Waals surface area contributed by atoms with Crippen molar-refractivity contribution in [2.24, 2.45) is 0 Å². The summed E-state index contributed by atoms with van der Waals surface area (Å²) in [7, 11) is 0. The minimum Gasteiger partial charge on any atom is -0.474 e. The first-order valence-electron chi connectivity index (χ1n) is 10.3. The first kappa shape index (κ1) is 18.7. The highest BCUT2D eigenvalue weighted by Gasteiger charge is 2.33. The molecule has 30 heavy (non-hydrogen) atoms. The highest BCUT2D eigenvalue weighted by atomic mass is 16.5. The van der Waals surface area contributed by atoms with Crippen LogP contribution in [0.4, 0.5) is 0 Å². The van der Waals surface area contributed by atoms with Crippen molar-refractivity contribution in [1.82, 2.24) is 15.0 Å². The Hall–Kier alpha value is -3.35. The predicted molar refractivity (Wildman–Crippen MR) is 109 cm³/mol. The lowest BCUT2D eigenvalue weighted by molar-refractivity contribution is 0.195. The largest absolute Gasteiger partial charge is 0.474 e. The quantitative estimate of drug-likeness (QED) is 0.564. The van der Waals surface area contributed by atoms with Gasteiger partial charge >= 0.3 is 0 Å². The Morgan fingerprint density at radius 1 is 0.567 bits per heavy atom. The number of aromatic nitrogens is 3. The number of ether oxygens (including phenoxy) is 4. The summed E-state index contributed by atoms with van der Waals surface area (Å²) in [5.41, 5.74) is 2.47. The Kier molecular flexibility index (Phi) is 5.33. The van der Waals surface area contributed by atoms with Crippen LogP contribution in [0.2, 0.25) is 0 Å². The Morgan fingerprint density at radius 3 is 1.43 bits per heavy atom. The first-order valence-corrected chi connectivity index (χ1v) is 10.3. The molecule has 2 unspecified atom stereocenters. The lowest BCUT2D eigenvalue weighted by atomic mass is 9.67. The van der Waals surface area contributed by atoms with Gasteiger partial charge in [-0.05, 0) is 35.8 Å². The minimum absolute atomic E-state index is 0.368. The van der Waals surface area contributed by atoms with Gasteiger partial charge in [0.25, 0.3) is 0 Å². The Balaban J connectivity index is 1.35. The van der Waals surface area contributed by atoms with Crippen molar-refractivity contribution in [3.05, 3.63) is 66.0 Å². The van der Waals surface area contributed by atoms with Gasteiger partial charge in [0.1, 0.15) is 26.4 Å². The summed E-state index contributed by atoms with van der Waals surface area (Å²) in [4.78, 5) is 13.3. The highest BCUT2D eigenvalue weighted by Crippen LogP contribution is 2.48. The molecule has 0 saturated heterocycles. The molecule has 7 rings (SSSR count). The van der Waals surface area contributed by atoms with Gasteiger partial charge in [0.05, 0.1) is 0 Å². The van der Waals surface area contributed by atoms with E-state index in [1.54, 1.807) is 12.1 Å². The summed E-state index contributed by atoms with van der Waals surface area (Å²) >= 11 is 0. The maximum atomic E-state index is 5.71. The van der Waals surface area contributed by atoms with Crippen LogP contribution in [0, 0.1) is 0 Å². The van der Waals surface area contributed by atoms with Gasteiger partial charge in [0, 0.05) is 36.7 Å². The minimum atomic E-state index is 0.368. The Morgan fingerprint density at radius 2 is 1.03 bits per heavy atom. The molecule has 0 aromatic carbocycles. The summed E-state index contributed by atoms with van der Waals surface area (Å²) in [5.74, 6) is 3.08. The van der Waals surface area contributed by atoms with Crippen LogP contribution in [-0.2, 0) is 0 Å². The van der Waals surface area contributed by atoms with Crippen LogP contribution in [0.1, 0.15) is 35.8 Å². The monoisotopic (exact) mass is 405 g/mol. The predicted octanol–water partition coefficient (Wildman–Crippen LogP) is 3.76. The SMILES string of the molecule is c1cc2nc(c1)OCCOc1ccc(cn1)C1CCC1c1ccc(nc1)OCCO2. The fourth-order valence-electron chi connectivity index (χ4n) is 3.83. The van der Waals surface area contributed by atoms with E-state index in [-0.39, 0.29) is 0 Å². The standard InChI is InChI=1S/C23H23N3O4/c1-2-22-26-23(3-1)30-13-11-28-21-9-5-17(15-25-21)19-7-6-18(19)16-4-8-20(24-14-16)27-10-12-29-22/h1-5,8-9,14-15,18-19H,6-7,10-13H2. The molecule has 0 amide bonds. The van der Waals surface area contributed by atoms with Crippen molar-refractivity contribution in [3.8, 4) is 23.5 Å². The molecular formula is C23H23N3O4. The number of rotatable bonds is 0. The van der Waals surface area contributed by atoms with Gasteiger partial charge in [-0.3, -0.25) is 0 Å². The molecule has 3 aliphatic heterocycles.